The second kappa shape index (κ2) is 7.59. The fourth-order valence-electron chi connectivity index (χ4n) is 2.85. The third-order valence-corrected chi connectivity index (χ3v) is 5.16. The average molecular weight is 308 g/mol. The highest BCUT2D eigenvalue weighted by Crippen LogP contribution is 2.29. The van der Waals surface area contributed by atoms with E-state index in [1.807, 2.05) is 5.38 Å². The van der Waals surface area contributed by atoms with Gasteiger partial charge in [0.2, 0.25) is 5.91 Å². The van der Waals surface area contributed by atoms with E-state index < -0.39 is 0 Å². The summed E-state index contributed by atoms with van der Waals surface area (Å²) in [5, 5.41) is 9.57. The van der Waals surface area contributed by atoms with Gasteiger partial charge in [-0.3, -0.25) is 9.59 Å². The zero-order valence-corrected chi connectivity index (χ0v) is 13.5. The van der Waals surface area contributed by atoms with Crippen LogP contribution >= 0.6 is 11.3 Å². The number of carbonyl (C=O) groups is 2. The highest BCUT2D eigenvalue weighted by Gasteiger charge is 2.27. The minimum Gasteiger partial charge on any atom is -0.353 e. The van der Waals surface area contributed by atoms with Crippen molar-refractivity contribution in [3.8, 4) is 0 Å². The zero-order chi connectivity index (χ0) is 15.2. The Morgan fingerprint density at radius 2 is 2.14 bits per heavy atom. The Morgan fingerprint density at radius 1 is 1.33 bits per heavy atom. The van der Waals surface area contributed by atoms with Gasteiger partial charge in [-0.05, 0) is 29.7 Å². The van der Waals surface area contributed by atoms with Crippen LogP contribution in [0.3, 0.4) is 0 Å². The summed E-state index contributed by atoms with van der Waals surface area (Å²) in [4.78, 5) is 23.7. The van der Waals surface area contributed by atoms with E-state index in [1.165, 1.54) is 24.2 Å². The van der Waals surface area contributed by atoms with Crippen molar-refractivity contribution in [2.24, 2.45) is 11.8 Å². The van der Waals surface area contributed by atoms with E-state index in [0.29, 0.717) is 30.4 Å². The van der Waals surface area contributed by atoms with Crippen molar-refractivity contribution in [3.05, 3.63) is 22.4 Å². The van der Waals surface area contributed by atoms with Crippen LogP contribution in [0.1, 0.15) is 49.9 Å². The van der Waals surface area contributed by atoms with Gasteiger partial charge in [0.1, 0.15) is 0 Å². The minimum absolute atomic E-state index is 0.0339. The lowest BCUT2D eigenvalue weighted by atomic mass is 9.78. The molecule has 0 saturated heterocycles. The van der Waals surface area contributed by atoms with Crippen LogP contribution in [-0.2, 0) is 4.79 Å². The summed E-state index contributed by atoms with van der Waals surface area (Å²) in [7, 11) is 0. The van der Waals surface area contributed by atoms with E-state index in [4.69, 9.17) is 0 Å². The molecule has 4 nitrogen and oxygen atoms in total. The van der Waals surface area contributed by atoms with Gasteiger partial charge in [-0.25, -0.2) is 0 Å². The molecular formula is C16H24N2O2S. The van der Waals surface area contributed by atoms with Crippen LogP contribution in [-0.4, -0.2) is 24.4 Å². The SMILES string of the molecule is C[C@@H]1[C@H](C)CCC[C@@H]1NC(=O)CCNC(=O)c1ccsc1. The molecule has 1 aromatic heterocycles. The molecule has 1 heterocycles. The monoisotopic (exact) mass is 308 g/mol. The number of nitrogens with one attached hydrogen (secondary N) is 2. The second-order valence-corrected chi connectivity index (χ2v) is 6.74. The molecule has 5 heteroatoms. The Balaban J connectivity index is 1.69. The molecule has 0 unspecified atom stereocenters. The maximum absolute atomic E-state index is 12.0. The van der Waals surface area contributed by atoms with Crippen molar-refractivity contribution >= 4 is 23.2 Å². The fraction of sp³-hybridized carbons (Fsp3) is 0.625. The molecule has 2 rings (SSSR count). The molecule has 3 atom stereocenters. The standard InChI is InChI=1S/C16H24N2O2S/c1-11-4-3-5-14(12(11)2)18-15(19)6-8-17-16(20)13-7-9-21-10-13/h7,9-12,14H,3-6,8H2,1-2H3,(H,17,20)(H,18,19)/t11-,12-,14+/m1/s1. The Morgan fingerprint density at radius 3 is 2.86 bits per heavy atom. The summed E-state index contributed by atoms with van der Waals surface area (Å²) in [6.07, 6.45) is 3.85. The van der Waals surface area contributed by atoms with Crippen LogP contribution < -0.4 is 10.6 Å². The third kappa shape index (κ3) is 4.56. The van der Waals surface area contributed by atoms with Gasteiger partial charge in [0, 0.05) is 30.0 Å². The average Bonchev–Trinajstić information content (AvgIpc) is 2.98. The predicted octanol–water partition coefficient (Wildman–Crippen LogP) is 2.81. The first kappa shape index (κ1) is 16.0. The molecule has 0 bridgehead atoms. The molecule has 21 heavy (non-hydrogen) atoms. The first-order valence-electron chi connectivity index (χ1n) is 7.67. The number of rotatable bonds is 5. The van der Waals surface area contributed by atoms with Crippen LogP contribution in [0.15, 0.2) is 16.8 Å². The molecule has 0 spiro atoms. The molecule has 1 fully saturated rings. The number of hydrogen-bond donors (Lipinski definition) is 2. The zero-order valence-electron chi connectivity index (χ0n) is 12.7. The number of hydrogen-bond acceptors (Lipinski definition) is 3. The van der Waals surface area contributed by atoms with Gasteiger partial charge in [0.25, 0.3) is 5.91 Å². The fourth-order valence-corrected chi connectivity index (χ4v) is 3.49. The van der Waals surface area contributed by atoms with Crippen molar-refractivity contribution in [1.82, 2.24) is 10.6 Å². The molecule has 2 N–H and O–H groups in total. The van der Waals surface area contributed by atoms with E-state index in [9.17, 15) is 9.59 Å². The maximum Gasteiger partial charge on any atom is 0.252 e. The lowest BCUT2D eigenvalue weighted by molar-refractivity contribution is -0.122. The predicted molar refractivity (Wildman–Crippen MR) is 85.4 cm³/mol. The van der Waals surface area contributed by atoms with Crippen LogP contribution in [0.4, 0.5) is 0 Å². The summed E-state index contributed by atoms with van der Waals surface area (Å²) in [5.74, 6) is 1.13. The largest absolute Gasteiger partial charge is 0.353 e. The topological polar surface area (TPSA) is 58.2 Å². The van der Waals surface area contributed by atoms with Crippen molar-refractivity contribution in [2.45, 2.75) is 45.6 Å². The Hall–Kier alpha value is -1.36. The molecule has 0 aromatic carbocycles. The molecular weight excluding hydrogens is 284 g/mol. The molecule has 1 aliphatic rings. The number of carbonyl (C=O) groups excluding carboxylic acids is 2. The molecule has 1 saturated carbocycles. The summed E-state index contributed by atoms with van der Waals surface area (Å²) in [5.41, 5.74) is 0.662. The van der Waals surface area contributed by atoms with Crippen LogP contribution in [0.2, 0.25) is 0 Å². The molecule has 0 aliphatic heterocycles. The highest BCUT2D eigenvalue weighted by molar-refractivity contribution is 7.08. The lowest BCUT2D eigenvalue weighted by Crippen LogP contribution is -2.44. The third-order valence-electron chi connectivity index (χ3n) is 4.47. The van der Waals surface area contributed by atoms with Crippen molar-refractivity contribution < 1.29 is 9.59 Å². The van der Waals surface area contributed by atoms with Gasteiger partial charge in [-0.2, -0.15) is 11.3 Å². The van der Waals surface area contributed by atoms with Gasteiger partial charge in [0.15, 0.2) is 0 Å². The molecule has 1 aliphatic carbocycles. The van der Waals surface area contributed by atoms with E-state index in [-0.39, 0.29) is 17.9 Å². The molecule has 1 aromatic rings. The van der Waals surface area contributed by atoms with Gasteiger partial charge in [-0.15, -0.1) is 0 Å². The molecule has 2 amide bonds. The van der Waals surface area contributed by atoms with E-state index in [1.54, 1.807) is 11.4 Å². The van der Waals surface area contributed by atoms with E-state index in [0.717, 1.165) is 6.42 Å². The Bertz CT molecular complexity index is 473. The van der Waals surface area contributed by atoms with Crippen molar-refractivity contribution in [3.63, 3.8) is 0 Å². The van der Waals surface area contributed by atoms with Gasteiger partial charge < -0.3 is 10.6 Å². The summed E-state index contributed by atoms with van der Waals surface area (Å²) >= 11 is 1.49. The van der Waals surface area contributed by atoms with Crippen molar-refractivity contribution in [2.75, 3.05) is 6.54 Å². The van der Waals surface area contributed by atoms with Gasteiger partial charge in [-0.1, -0.05) is 26.7 Å². The maximum atomic E-state index is 12.0. The first-order chi connectivity index (χ1) is 10.1. The van der Waals surface area contributed by atoms with E-state index >= 15 is 0 Å². The molecule has 116 valence electrons. The Kier molecular flexibility index (Phi) is 5.79. The highest BCUT2D eigenvalue weighted by atomic mass is 32.1. The van der Waals surface area contributed by atoms with Crippen LogP contribution in [0, 0.1) is 11.8 Å². The lowest BCUT2D eigenvalue weighted by Gasteiger charge is -2.34. The van der Waals surface area contributed by atoms with Crippen molar-refractivity contribution in [1.29, 1.82) is 0 Å². The Labute approximate surface area is 130 Å². The number of thiophene rings is 1. The summed E-state index contributed by atoms with van der Waals surface area (Å²) in [6.45, 7) is 4.86. The first-order valence-corrected chi connectivity index (χ1v) is 8.62. The quantitative estimate of drug-likeness (QED) is 0.879. The van der Waals surface area contributed by atoms with E-state index in [2.05, 4.69) is 24.5 Å². The minimum atomic E-state index is -0.108. The second-order valence-electron chi connectivity index (χ2n) is 5.96. The smallest absolute Gasteiger partial charge is 0.252 e. The molecule has 0 radical (unpaired) electrons. The van der Waals surface area contributed by atoms with Crippen LogP contribution in [0.25, 0.3) is 0 Å². The van der Waals surface area contributed by atoms with Crippen LogP contribution in [0.5, 0.6) is 0 Å². The normalized spacial score (nSPS) is 25.3. The van der Waals surface area contributed by atoms with Gasteiger partial charge >= 0.3 is 0 Å². The summed E-state index contributed by atoms with van der Waals surface area (Å²) in [6, 6.07) is 2.07. The van der Waals surface area contributed by atoms with Gasteiger partial charge in [0.05, 0.1) is 0 Å². The summed E-state index contributed by atoms with van der Waals surface area (Å²) < 4.78 is 0. The number of amides is 2.